The van der Waals surface area contributed by atoms with Gasteiger partial charge in [0.2, 0.25) is 5.91 Å². The van der Waals surface area contributed by atoms with E-state index in [0.717, 1.165) is 0 Å². The van der Waals surface area contributed by atoms with Crippen molar-refractivity contribution in [2.24, 2.45) is 11.7 Å². The highest BCUT2D eigenvalue weighted by molar-refractivity contribution is 5.86. The van der Waals surface area contributed by atoms with Crippen LogP contribution >= 0.6 is 0 Å². The highest BCUT2D eigenvalue weighted by atomic mass is 16.5. The maximum absolute atomic E-state index is 12.2. The summed E-state index contributed by atoms with van der Waals surface area (Å²) in [5.41, 5.74) is 5.09. The summed E-state index contributed by atoms with van der Waals surface area (Å²) in [6.45, 7) is 6.26. The number of rotatable bonds is 4. The first-order valence-electron chi connectivity index (χ1n) is 5.93. The van der Waals surface area contributed by atoms with Gasteiger partial charge in [0.25, 0.3) is 0 Å². The summed E-state index contributed by atoms with van der Waals surface area (Å²) >= 11 is 0. The Hall–Kier alpha value is -1.30. The lowest BCUT2D eigenvalue weighted by Crippen LogP contribution is -2.53. The van der Waals surface area contributed by atoms with E-state index in [1.54, 1.807) is 4.90 Å². The normalized spacial score (nSPS) is 17.9. The molecule has 1 aliphatic heterocycles. The summed E-state index contributed by atoms with van der Waals surface area (Å²) in [5.74, 6) is 0.248. The minimum Gasteiger partial charge on any atom is -0.378 e. The van der Waals surface area contributed by atoms with Crippen molar-refractivity contribution in [3.63, 3.8) is 0 Å². The predicted molar refractivity (Wildman–Crippen MR) is 63.4 cm³/mol. The number of carbonyl (C=O) groups excluding carboxylic acids is 2. The van der Waals surface area contributed by atoms with Crippen LogP contribution in [0.15, 0.2) is 0 Å². The lowest BCUT2D eigenvalue weighted by molar-refractivity contribution is -0.137. The molecule has 0 unspecified atom stereocenters. The molecule has 6 heteroatoms. The van der Waals surface area contributed by atoms with Gasteiger partial charge in [0.1, 0.15) is 6.04 Å². The van der Waals surface area contributed by atoms with E-state index in [1.807, 2.05) is 13.8 Å². The fraction of sp³-hybridized carbons (Fsp3) is 0.818. The second kappa shape index (κ2) is 6.44. The number of amides is 3. The number of nitrogens with two attached hydrogens (primary N) is 1. The Kier molecular flexibility index (Phi) is 5.21. The van der Waals surface area contributed by atoms with Crippen LogP contribution in [-0.4, -0.2) is 49.2 Å². The van der Waals surface area contributed by atoms with Gasteiger partial charge in [0, 0.05) is 13.1 Å². The topological polar surface area (TPSA) is 84.7 Å². The molecule has 3 N–H and O–H groups in total. The van der Waals surface area contributed by atoms with Crippen LogP contribution in [0.3, 0.4) is 0 Å². The molecule has 0 bridgehead atoms. The number of hydrogen-bond acceptors (Lipinski definition) is 3. The van der Waals surface area contributed by atoms with E-state index in [2.05, 4.69) is 5.32 Å². The van der Waals surface area contributed by atoms with Crippen molar-refractivity contribution in [3.8, 4) is 0 Å². The van der Waals surface area contributed by atoms with E-state index in [4.69, 9.17) is 10.5 Å². The molecule has 1 heterocycles. The molecule has 6 nitrogen and oxygen atoms in total. The molecule has 0 saturated carbocycles. The van der Waals surface area contributed by atoms with E-state index >= 15 is 0 Å². The summed E-state index contributed by atoms with van der Waals surface area (Å²) in [6.07, 6.45) is 0.596. The van der Waals surface area contributed by atoms with Gasteiger partial charge < -0.3 is 20.7 Å². The molecule has 0 radical (unpaired) electrons. The Labute approximate surface area is 101 Å². The van der Waals surface area contributed by atoms with Crippen LogP contribution in [0.1, 0.15) is 20.3 Å². The fourth-order valence-corrected chi connectivity index (χ4v) is 1.87. The largest absolute Gasteiger partial charge is 0.378 e. The Morgan fingerprint density at radius 3 is 2.41 bits per heavy atom. The third-order valence-electron chi connectivity index (χ3n) is 2.64. The highest BCUT2D eigenvalue weighted by Crippen LogP contribution is 2.09. The van der Waals surface area contributed by atoms with Crippen LogP contribution in [0, 0.1) is 5.92 Å². The maximum Gasteiger partial charge on any atom is 0.312 e. The molecule has 0 aliphatic carbocycles. The number of carbonyl (C=O) groups is 2. The lowest BCUT2D eigenvalue weighted by Gasteiger charge is -2.31. The Morgan fingerprint density at radius 2 is 1.94 bits per heavy atom. The van der Waals surface area contributed by atoms with E-state index in [1.165, 1.54) is 0 Å². The first kappa shape index (κ1) is 13.8. The molecular formula is C11H21N3O3. The fourth-order valence-electron chi connectivity index (χ4n) is 1.87. The number of primary amides is 1. The van der Waals surface area contributed by atoms with Crippen LogP contribution in [0.4, 0.5) is 4.79 Å². The molecule has 17 heavy (non-hydrogen) atoms. The van der Waals surface area contributed by atoms with Crippen LogP contribution < -0.4 is 11.1 Å². The van der Waals surface area contributed by atoms with Gasteiger partial charge in [-0.05, 0) is 12.3 Å². The molecule has 0 aromatic rings. The second-order valence-electron chi connectivity index (χ2n) is 4.63. The quantitative estimate of drug-likeness (QED) is 0.724. The Balaban J connectivity index is 2.60. The van der Waals surface area contributed by atoms with Crippen molar-refractivity contribution in [2.75, 3.05) is 26.3 Å². The van der Waals surface area contributed by atoms with Gasteiger partial charge in [-0.3, -0.25) is 4.79 Å². The number of hydrogen-bond donors (Lipinski definition) is 2. The number of nitrogens with one attached hydrogen (secondary N) is 1. The van der Waals surface area contributed by atoms with Gasteiger partial charge in [-0.1, -0.05) is 13.8 Å². The highest BCUT2D eigenvalue weighted by Gasteiger charge is 2.27. The van der Waals surface area contributed by atoms with E-state index in [-0.39, 0.29) is 5.91 Å². The minimum absolute atomic E-state index is 0.0687. The Bertz CT molecular complexity index is 275. The van der Waals surface area contributed by atoms with Gasteiger partial charge in [0.05, 0.1) is 13.2 Å². The number of morpholine rings is 1. The van der Waals surface area contributed by atoms with Gasteiger partial charge >= 0.3 is 6.03 Å². The molecule has 3 amide bonds. The third-order valence-corrected chi connectivity index (χ3v) is 2.64. The SMILES string of the molecule is CC(C)C[C@@H](NC(N)=O)C(=O)N1CCOCC1. The summed E-state index contributed by atoms with van der Waals surface area (Å²) < 4.78 is 5.19. The summed E-state index contributed by atoms with van der Waals surface area (Å²) in [5, 5.41) is 2.52. The zero-order valence-electron chi connectivity index (χ0n) is 10.4. The van der Waals surface area contributed by atoms with Gasteiger partial charge in [-0.15, -0.1) is 0 Å². The van der Waals surface area contributed by atoms with E-state index in [0.29, 0.717) is 38.6 Å². The number of nitrogens with zero attached hydrogens (tertiary/aromatic N) is 1. The number of ether oxygens (including phenoxy) is 1. The molecule has 1 aliphatic rings. The van der Waals surface area contributed by atoms with Crippen molar-refractivity contribution in [3.05, 3.63) is 0 Å². The zero-order chi connectivity index (χ0) is 12.8. The van der Waals surface area contributed by atoms with Gasteiger partial charge in [-0.25, -0.2) is 4.79 Å². The average Bonchev–Trinajstić information content (AvgIpc) is 2.27. The second-order valence-corrected chi connectivity index (χ2v) is 4.63. The smallest absolute Gasteiger partial charge is 0.312 e. The molecule has 1 atom stereocenters. The Morgan fingerprint density at radius 1 is 1.35 bits per heavy atom. The molecule has 1 fully saturated rings. The predicted octanol–water partition coefficient (Wildman–Crippen LogP) is -0.0718. The minimum atomic E-state index is -0.655. The zero-order valence-corrected chi connectivity index (χ0v) is 10.4. The summed E-state index contributed by atoms with van der Waals surface area (Å²) in [4.78, 5) is 24.8. The summed E-state index contributed by atoms with van der Waals surface area (Å²) in [7, 11) is 0. The first-order valence-corrected chi connectivity index (χ1v) is 5.93. The molecule has 0 spiro atoms. The van der Waals surface area contributed by atoms with Crippen molar-refractivity contribution in [2.45, 2.75) is 26.3 Å². The molecular weight excluding hydrogens is 222 g/mol. The van der Waals surface area contributed by atoms with Crippen molar-refractivity contribution in [1.82, 2.24) is 10.2 Å². The molecule has 0 aromatic carbocycles. The lowest BCUT2D eigenvalue weighted by atomic mass is 10.0. The van der Waals surface area contributed by atoms with E-state index in [9.17, 15) is 9.59 Å². The molecule has 98 valence electrons. The summed E-state index contributed by atoms with van der Waals surface area (Å²) in [6, 6.07) is -1.18. The first-order chi connectivity index (χ1) is 8.00. The van der Waals surface area contributed by atoms with Gasteiger partial charge in [0.15, 0.2) is 0 Å². The van der Waals surface area contributed by atoms with Crippen LogP contribution in [0.25, 0.3) is 0 Å². The maximum atomic E-state index is 12.2. The van der Waals surface area contributed by atoms with Crippen LogP contribution in [-0.2, 0) is 9.53 Å². The van der Waals surface area contributed by atoms with Crippen molar-refractivity contribution >= 4 is 11.9 Å². The van der Waals surface area contributed by atoms with Crippen molar-refractivity contribution < 1.29 is 14.3 Å². The molecule has 1 rings (SSSR count). The van der Waals surface area contributed by atoms with Crippen molar-refractivity contribution in [1.29, 1.82) is 0 Å². The monoisotopic (exact) mass is 243 g/mol. The third kappa shape index (κ3) is 4.60. The molecule has 0 aromatic heterocycles. The molecule has 1 saturated heterocycles. The standard InChI is InChI=1S/C11H21N3O3/c1-8(2)7-9(13-11(12)16)10(15)14-3-5-17-6-4-14/h8-9H,3-7H2,1-2H3,(H3,12,13,16)/t9-/m1/s1. The van der Waals surface area contributed by atoms with Gasteiger partial charge in [-0.2, -0.15) is 0 Å². The van der Waals surface area contributed by atoms with Crippen LogP contribution in [0.5, 0.6) is 0 Å². The van der Waals surface area contributed by atoms with E-state index < -0.39 is 12.1 Å². The number of urea groups is 1. The van der Waals surface area contributed by atoms with Crippen LogP contribution in [0.2, 0.25) is 0 Å². The average molecular weight is 243 g/mol.